The molecule has 0 aliphatic rings. The smallest absolute Gasteiger partial charge is 0.548 e. The van der Waals surface area contributed by atoms with Crippen molar-refractivity contribution in [1.29, 1.82) is 0 Å². The summed E-state index contributed by atoms with van der Waals surface area (Å²) in [5.74, 6) is -2.51. The molecule has 12 N–H and O–H groups in total. The molecule has 2 atom stereocenters. The van der Waals surface area contributed by atoms with E-state index in [9.17, 15) is 19.8 Å². The van der Waals surface area contributed by atoms with Gasteiger partial charge in [-0.3, -0.25) is 9.98 Å². The minimum atomic E-state index is -1.25. The van der Waals surface area contributed by atoms with Crippen LogP contribution in [-0.4, -0.2) is 49.0 Å². The zero-order chi connectivity index (χ0) is 19.1. The van der Waals surface area contributed by atoms with Crippen molar-refractivity contribution in [3.05, 3.63) is 0 Å². The predicted octanol–water partition coefficient (Wildman–Crippen LogP) is -5.77. The van der Waals surface area contributed by atoms with Gasteiger partial charge in [0.1, 0.15) is 0 Å². The SMILES string of the molecule is NC(N)=NCCCC(N)C(=O)[O-].NC(N)=NCCCC(N)C(=O)[O-].[Cu+2]. The number of carboxylic acid groups (broad SMARTS) is 2. The Morgan fingerprint density at radius 3 is 1.24 bits per heavy atom. The molecule has 0 aromatic heterocycles. The van der Waals surface area contributed by atoms with Crippen LogP contribution in [-0.2, 0) is 26.7 Å². The van der Waals surface area contributed by atoms with Gasteiger partial charge in [-0.2, -0.15) is 0 Å². The summed E-state index contributed by atoms with van der Waals surface area (Å²) in [5, 5.41) is 20.2. The number of hydrogen-bond donors (Lipinski definition) is 6. The van der Waals surface area contributed by atoms with E-state index in [1.54, 1.807) is 0 Å². The summed E-state index contributed by atoms with van der Waals surface area (Å²) in [6.07, 6.45) is 1.71. The summed E-state index contributed by atoms with van der Waals surface area (Å²) in [7, 11) is 0. The molecule has 149 valence electrons. The fourth-order valence-corrected chi connectivity index (χ4v) is 1.27. The normalized spacial score (nSPS) is 11.6. The van der Waals surface area contributed by atoms with Crippen molar-refractivity contribution in [2.45, 2.75) is 37.8 Å². The predicted molar refractivity (Wildman–Crippen MR) is 85.8 cm³/mol. The largest absolute Gasteiger partial charge is 2.00 e. The van der Waals surface area contributed by atoms with Gasteiger partial charge in [-0.05, 0) is 25.7 Å². The van der Waals surface area contributed by atoms with E-state index in [-0.39, 0.29) is 29.0 Å². The Kier molecular flexibility index (Phi) is 18.6. The quantitative estimate of drug-likeness (QED) is 0.0860. The van der Waals surface area contributed by atoms with Crippen LogP contribution in [0.4, 0.5) is 0 Å². The van der Waals surface area contributed by atoms with Gasteiger partial charge in [0.25, 0.3) is 0 Å². The fourth-order valence-electron chi connectivity index (χ4n) is 1.27. The molecule has 0 saturated heterocycles. The molecule has 0 bridgehead atoms. The maximum absolute atomic E-state index is 10.1. The van der Waals surface area contributed by atoms with Gasteiger partial charge in [0.2, 0.25) is 0 Å². The average Bonchev–Trinajstić information content (AvgIpc) is 2.47. The summed E-state index contributed by atoms with van der Waals surface area (Å²) >= 11 is 0. The second kappa shape index (κ2) is 16.8. The van der Waals surface area contributed by atoms with Crippen LogP contribution in [0.3, 0.4) is 0 Å². The number of carbonyl (C=O) groups is 2. The zero-order valence-corrected chi connectivity index (χ0v) is 14.6. The molecule has 0 spiro atoms. The second-order valence-corrected chi connectivity index (χ2v) is 4.75. The summed E-state index contributed by atoms with van der Waals surface area (Å²) in [6.45, 7) is 0.784. The van der Waals surface area contributed by atoms with Gasteiger partial charge in [-0.15, -0.1) is 0 Å². The van der Waals surface area contributed by atoms with Gasteiger partial charge < -0.3 is 54.2 Å². The Morgan fingerprint density at radius 1 is 0.760 bits per heavy atom. The molecule has 0 aromatic carbocycles. The number of hydrogen-bond acceptors (Lipinski definition) is 8. The van der Waals surface area contributed by atoms with Crippen molar-refractivity contribution in [1.82, 2.24) is 0 Å². The van der Waals surface area contributed by atoms with Gasteiger partial charge in [0, 0.05) is 25.2 Å². The molecular formula is C12H26CuN8O4. The van der Waals surface area contributed by atoms with Gasteiger partial charge in [0.05, 0.1) is 11.9 Å². The third kappa shape index (κ3) is 21.9. The molecule has 12 nitrogen and oxygen atoms in total. The number of carboxylic acids is 2. The zero-order valence-electron chi connectivity index (χ0n) is 13.7. The van der Waals surface area contributed by atoms with E-state index in [4.69, 9.17) is 34.4 Å². The molecule has 0 heterocycles. The van der Waals surface area contributed by atoms with Crippen LogP contribution in [0.1, 0.15) is 25.7 Å². The standard InChI is InChI=1S/2C6H14N4O2.Cu/c2*7-4(5(11)12)2-1-3-10-6(8)9;/h2*4H,1-3,7H2,(H,11,12)(H4,8,9,10);/q;;+2/p-2. The van der Waals surface area contributed by atoms with Crippen molar-refractivity contribution in [2.24, 2.45) is 44.4 Å². The van der Waals surface area contributed by atoms with Crippen molar-refractivity contribution >= 4 is 23.9 Å². The molecule has 0 amide bonds. The van der Waals surface area contributed by atoms with E-state index in [1.165, 1.54) is 0 Å². The fraction of sp³-hybridized carbons (Fsp3) is 0.667. The number of carbonyl (C=O) groups excluding carboxylic acids is 2. The topological polar surface area (TPSA) is 261 Å². The molecule has 1 radical (unpaired) electrons. The number of aliphatic imine (C=N–C) groups is 2. The summed E-state index contributed by atoms with van der Waals surface area (Å²) < 4.78 is 0. The first-order chi connectivity index (χ1) is 11.1. The Bertz CT molecular complexity index is 399. The Hall–Kier alpha value is -2.08. The van der Waals surface area contributed by atoms with Gasteiger partial charge >= 0.3 is 17.1 Å². The van der Waals surface area contributed by atoms with Gasteiger partial charge in [-0.25, -0.2) is 0 Å². The van der Waals surface area contributed by atoms with Crippen molar-refractivity contribution in [3.63, 3.8) is 0 Å². The van der Waals surface area contributed by atoms with E-state index in [1.807, 2.05) is 0 Å². The van der Waals surface area contributed by atoms with Crippen molar-refractivity contribution in [3.8, 4) is 0 Å². The Labute approximate surface area is 156 Å². The van der Waals surface area contributed by atoms with E-state index in [0.717, 1.165) is 0 Å². The summed E-state index contributed by atoms with van der Waals surface area (Å²) in [4.78, 5) is 27.5. The van der Waals surface area contributed by atoms with Gasteiger partial charge in [-0.1, -0.05) is 0 Å². The van der Waals surface area contributed by atoms with Crippen LogP contribution in [0.2, 0.25) is 0 Å². The number of nitrogens with two attached hydrogens (primary N) is 6. The number of guanidine groups is 2. The van der Waals surface area contributed by atoms with E-state index >= 15 is 0 Å². The first-order valence-corrected chi connectivity index (χ1v) is 7.11. The monoisotopic (exact) mass is 409 g/mol. The maximum Gasteiger partial charge on any atom is 2.00 e. The minimum absolute atomic E-state index is 0. The summed E-state index contributed by atoms with van der Waals surface area (Å²) in [6, 6.07) is -1.86. The average molecular weight is 410 g/mol. The summed E-state index contributed by atoms with van der Waals surface area (Å²) in [5.41, 5.74) is 30.5. The van der Waals surface area contributed by atoms with Crippen molar-refractivity contribution < 1.29 is 36.9 Å². The number of nitrogens with zero attached hydrogens (tertiary/aromatic N) is 2. The molecule has 0 aliphatic carbocycles. The van der Waals surface area contributed by atoms with E-state index in [0.29, 0.717) is 38.8 Å². The van der Waals surface area contributed by atoms with Crippen LogP contribution in [0.15, 0.2) is 9.98 Å². The molecule has 25 heavy (non-hydrogen) atoms. The molecule has 13 heteroatoms. The molecule has 2 unspecified atom stereocenters. The number of rotatable bonds is 10. The maximum atomic E-state index is 10.1. The molecule has 0 saturated carbocycles. The third-order valence-corrected chi connectivity index (χ3v) is 2.54. The first kappa shape index (κ1) is 27.8. The molecular weight excluding hydrogens is 384 g/mol. The minimum Gasteiger partial charge on any atom is -0.548 e. The molecule has 0 rings (SSSR count). The Morgan fingerprint density at radius 2 is 1.04 bits per heavy atom. The van der Waals surface area contributed by atoms with Gasteiger partial charge in [0.15, 0.2) is 11.9 Å². The van der Waals surface area contributed by atoms with Crippen molar-refractivity contribution in [2.75, 3.05) is 13.1 Å². The molecule has 0 fully saturated rings. The number of aliphatic carboxylic acids is 2. The second-order valence-electron chi connectivity index (χ2n) is 4.75. The molecule has 0 aromatic rings. The Balaban J connectivity index is -0.000000372. The van der Waals surface area contributed by atoms with E-state index in [2.05, 4.69) is 9.98 Å². The van der Waals surface area contributed by atoms with Crippen LogP contribution in [0, 0.1) is 0 Å². The van der Waals surface area contributed by atoms with Crippen LogP contribution in [0.5, 0.6) is 0 Å². The van der Waals surface area contributed by atoms with Crippen LogP contribution < -0.4 is 44.6 Å². The first-order valence-electron chi connectivity index (χ1n) is 7.11. The molecule has 0 aliphatic heterocycles. The van der Waals surface area contributed by atoms with E-state index < -0.39 is 24.0 Å². The van der Waals surface area contributed by atoms with Crippen LogP contribution >= 0.6 is 0 Å². The third-order valence-electron chi connectivity index (χ3n) is 2.54. The van der Waals surface area contributed by atoms with Crippen LogP contribution in [0.25, 0.3) is 0 Å².